The van der Waals surface area contributed by atoms with Gasteiger partial charge in [-0.3, -0.25) is 9.10 Å². The van der Waals surface area contributed by atoms with Crippen molar-refractivity contribution in [2.75, 3.05) is 31.9 Å². The lowest BCUT2D eigenvalue weighted by atomic mass is 10.1. The number of sulfonamides is 1. The first-order chi connectivity index (χ1) is 16.2. The topological polar surface area (TPSA) is 94.2 Å². The summed E-state index contributed by atoms with van der Waals surface area (Å²) in [7, 11) is 1.15. The molecule has 0 spiro atoms. The molecule has 1 N–H and O–H groups in total. The summed E-state index contributed by atoms with van der Waals surface area (Å²) in [5.74, 6) is 1.61. The number of nitrogens with one attached hydrogen (secondary N) is 1. The molecule has 3 aromatic carbocycles. The van der Waals surface area contributed by atoms with Gasteiger partial charge in [0.2, 0.25) is 10.0 Å². The molecule has 0 saturated carbocycles. The molecule has 180 valence electrons. The molecule has 1 amide bonds. The van der Waals surface area contributed by atoms with Gasteiger partial charge >= 0.3 is 0 Å². The SMILES string of the molecule is COc1ccc(N(Cc2ccc(C(=O)NCc3ccc(OC)c(OC)c3)cc2)S(C)(=O)=O)cc1. The molecular formula is C25H28N2O6S. The van der Waals surface area contributed by atoms with Crippen LogP contribution in [-0.4, -0.2) is 41.9 Å². The maximum atomic E-state index is 12.6. The number of anilines is 1. The second-order valence-electron chi connectivity index (χ2n) is 7.54. The largest absolute Gasteiger partial charge is 0.497 e. The zero-order chi connectivity index (χ0) is 24.7. The highest BCUT2D eigenvalue weighted by Gasteiger charge is 2.18. The number of amides is 1. The van der Waals surface area contributed by atoms with Crippen molar-refractivity contribution in [3.63, 3.8) is 0 Å². The fourth-order valence-electron chi connectivity index (χ4n) is 3.35. The van der Waals surface area contributed by atoms with Crippen molar-refractivity contribution in [3.8, 4) is 17.2 Å². The van der Waals surface area contributed by atoms with Crippen LogP contribution >= 0.6 is 0 Å². The highest BCUT2D eigenvalue weighted by atomic mass is 32.2. The van der Waals surface area contributed by atoms with E-state index in [1.165, 1.54) is 4.31 Å². The Morgan fingerprint density at radius 2 is 1.44 bits per heavy atom. The van der Waals surface area contributed by atoms with E-state index in [0.717, 1.165) is 17.4 Å². The molecule has 0 atom stereocenters. The average Bonchev–Trinajstić information content (AvgIpc) is 2.85. The van der Waals surface area contributed by atoms with Crippen molar-refractivity contribution in [2.45, 2.75) is 13.1 Å². The molecule has 0 aromatic heterocycles. The monoisotopic (exact) mass is 484 g/mol. The summed E-state index contributed by atoms with van der Waals surface area (Å²) in [5, 5.41) is 2.87. The quantitative estimate of drug-likeness (QED) is 0.473. The number of carbonyl (C=O) groups excluding carboxylic acids is 1. The van der Waals surface area contributed by atoms with E-state index in [-0.39, 0.29) is 12.5 Å². The van der Waals surface area contributed by atoms with Crippen LogP contribution in [0.2, 0.25) is 0 Å². The van der Waals surface area contributed by atoms with Gasteiger partial charge in [-0.1, -0.05) is 18.2 Å². The van der Waals surface area contributed by atoms with E-state index in [1.54, 1.807) is 82.0 Å². The number of nitrogens with zero attached hydrogens (tertiary/aromatic N) is 1. The predicted molar refractivity (Wildman–Crippen MR) is 131 cm³/mol. The highest BCUT2D eigenvalue weighted by Crippen LogP contribution is 2.27. The zero-order valence-electron chi connectivity index (χ0n) is 19.6. The fourth-order valence-corrected chi connectivity index (χ4v) is 4.24. The summed E-state index contributed by atoms with van der Waals surface area (Å²) < 4.78 is 41.7. The number of hydrogen-bond acceptors (Lipinski definition) is 6. The van der Waals surface area contributed by atoms with Crippen LogP contribution in [0, 0.1) is 0 Å². The van der Waals surface area contributed by atoms with E-state index in [4.69, 9.17) is 14.2 Å². The molecule has 0 aliphatic heterocycles. The Hall–Kier alpha value is -3.72. The number of benzene rings is 3. The minimum Gasteiger partial charge on any atom is -0.497 e. The zero-order valence-corrected chi connectivity index (χ0v) is 20.4. The molecule has 0 bridgehead atoms. The van der Waals surface area contributed by atoms with Gasteiger partial charge in [0.15, 0.2) is 11.5 Å². The molecule has 9 heteroatoms. The van der Waals surface area contributed by atoms with Gasteiger partial charge < -0.3 is 19.5 Å². The number of hydrogen-bond donors (Lipinski definition) is 1. The Balaban J connectivity index is 1.67. The molecule has 34 heavy (non-hydrogen) atoms. The van der Waals surface area contributed by atoms with Crippen LogP contribution in [0.4, 0.5) is 5.69 Å². The van der Waals surface area contributed by atoms with Crippen molar-refractivity contribution in [1.29, 1.82) is 0 Å². The van der Waals surface area contributed by atoms with Crippen molar-refractivity contribution < 1.29 is 27.4 Å². The van der Waals surface area contributed by atoms with Crippen LogP contribution in [0.25, 0.3) is 0 Å². The van der Waals surface area contributed by atoms with Crippen molar-refractivity contribution in [2.24, 2.45) is 0 Å². The van der Waals surface area contributed by atoms with E-state index in [1.807, 2.05) is 6.07 Å². The molecule has 0 aliphatic rings. The maximum Gasteiger partial charge on any atom is 0.251 e. The minimum atomic E-state index is -3.52. The molecule has 0 saturated heterocycles. The summed E-state index contributed by atoms with van der Waals surface area (Å²) in [4.78, 5) is 12.6. The Bertz CT molecular complexity index is 1230. The van der Waals surface area contributed by atoms with Gasteiger partial charge in [0.1, 0.15) is 5.75 Å². The molecule has 0 fully saturated rings. The normalized spacial score (nSPS) is 10.9. The minimum absolute atomic E-state index is 0.138. The third kappa shape index (κ3) is 6.20. The van der Waals surface area contributed by atoms with Crippen molar-refractivity contribution in [1.82, 2.24) is 5.32 Å². The van der Waals surface area contributed by atoms with Crippen LogP contribution in [0.1, 0.15) is 21.5 Å². The van der Waals surface area contributed by atoms with Gasteiger partial charge in [-0.2, -0.15) is 0 Å². The number of ether oxygens (including phenoxy) is 3. The molecule has 3 aromatic rings. The lowest BCUT2D eigenvalue weighted by Crippen LogP contribution is -2.29. The van der Waals surface area contributed by atoms with Gasteiger partial charge in [0.25, 0.3) is 5.91 Å². The van der Waals surface area contributed by atoms with Gasteiger partial charge in [0.05, 0.1) is 39.8 Å². The van der Waals surface area contributed by atoms with Crippen LogP contribution in [-0.2, 0) is 23.1 Å². The van der Waals surface area contributed by atoms with Gasteiger partial charge in [-0.25, -0.2) is 8.42 Å². The van der Waals surface area contributed by atoms with Crippen LogP contribution in [0.15, 0.2) is 66.7 Å². The second-order valence-corrected chi connectivity index (χ2v) is 9.44. The molecule has 3 rings (SSSR count). The Morgan fingerprint density at radius 3 is 2.00 bits per heavy atom. The first-order valence-electron chi connectivity index (χ1n) is 10.4. The molecular weight excluding hydrogens is 456 g/mol. The molecule has 0 aliphatic carbocycles. The molecule has 0 radical (unpaired) electrons. The first-order valence-corrected chi connectivity index (χ1v) is 12.3. The predicted octanol–water partition coefficient (Wildman–Crippen LogP) is 3.61. The van der Waals surface area contributed by atoms with Gasteiger partial charge in [0, 0.05) is 12.1 Å². The van der Waals surface area contributed by atoms with E-state index in [2.05, 4.69) is 5.32 Å². The van der Waals surface area contributed by atoms with Crippen molar-refractivity contribution >= 4 is 21.6 Å². The van der Waals surface area contributed by atoms with Gasteiger partial charge in [-0.15, -0.1) is 0 Å². The summed E-state index contributed by atoms with van der Waals surface area (Å²) in [5.41, 5.74) is 2.61. The van der Waals surface area contributed by atoms with Gasteiger partial charge in [-0.05, 0) is 59.7 Å². The average molecular weight is 485 g/mol. The van der Waals surface area contributed by atoms with E-state index in [0.29, 0.717) is 35.0 Å². The van der Waals surface area contributed by atoms with Crippen LogP contribution < -0.4 is 23.8 Å². The number of rotatable bonds is 10. The van der Waals surface area contributed by atoms with E-state index in [9.17, 15) is 13.2 Å². The third-order valence-electron chi connectivity index (χ3n) is 5.20. The maximum absolute atomic E-state index is 12.6. The first kappa shape index (κ1) is 24.9. The highest BCUT2D eigenvalue weighted by molar-refractivity contribution is 7.92. The van der Waals surface area contributed by atoms with E-state index >= 15 is 0 Å². The summed E-state index contributed by atoms with van der Waals surface area (Å²) in [6.07, 6.45) is 1.16. The van der Waals surface area contributed by atoms with Crippen LogP contribution in [0.3, 0.4) is 0 Å². The standard InChI is InChI=1S/C25H28N2O6S/c1-31-22-12-10-21(11-13-22)27(34(4,29)30)17-18-5-8-20(9-6-18)25(28)26-16-19-7-14-23(32-2)24(15-19)33-3/h5-15H,16-17H2,1-4H3,(H,26,28). The lowest BCUT2D eigenvalue weighted by molar-refractivity contribution is 0.0951. The summed E-state index contributed by atoms with van der Waals surface area (Å²) >= 11 is 0. The summed E-state index contributed by atoms with van der Waals surface area (Å²) in [6.45, 7) is 0.457. The molecule has 8 nitrogen and oxygen atoms in total. The fraction of sp³-hybridized carbons (Fsp3) is 0.240. The van der Waals surface area contributed by atoms with E-state index < -0.39 is 10.0 Å². The Kier molecular flexibility index (Phi) is 8.01. The lowest BCUT2D eigenvalue weighted by Gasteiger charge is -2.23. The van der Waals surface area contributed by atoms with Crippen LogP contribution in [0.5, 0.6) is 17.2 Å². The molecule has 0 heterocycles. The smallest absolute Gasteiger partial charge is 0.251 e. The Morgan fingerprint density at radius 1 is 0.824 bits per heavy atom. The number of carbonyl (C=O) groups is 1. The third-order valence-corrected chi connectivity index (χ3v) is 6.34. The van der Waals surface area contributed by atoms with Crippen molar-refractivity contribution in [3.05, 3.63) is 83.4 Å². The Labute approximate surface area is 200 Å². The summed E-state index contributed by atoms with van der Waals surface area (Å²) in [6, 6.07) is 19.1. The number of methoxy groups -OCH3 is 3. The second kappa shape index (κ2) is 10.9. The molecule has 0 unspecified atom stereocenters.